The minimum absolute atomic E-state index is 0.222. The summed E-state index contributed by atoms with van der Waals surface area (Å²) in [5.74, 6) is 0.149. The third-order valence-electron chi connectivity index (χ3n) is 3.10. The fourth-order valence-corrected chi connectivity index (χ4v) is 2.85. The fraction of sp³-hybridized carbons (Fsp3) is 0.429. The number of halogens is 1. The zero-order valence-electron chi connectivity index (χ0n) is 11.8. The van der Waals surface area contributed by atoms with E-state index < -0.39 is 0 Å². The molecule has 0 aliphatic carbocycles. The average molecular weight is 295 g/mol. The smallest absolute Gasteiger partial charge is 0.165 e. The number of nitrogens with two attached hydrogens (primary N) is 1. The van der Waals surface area contributed by atoms with Crippen LogP contribution in [0.5, 0.6) is 5.75 Å². The van der Waals surface area contributed by atoms with E-state index in [0.29, 0.717) is 6.42 Å². The van der Waals surface area contributed by atoms with Crippen LogP contribution in [0.15, 0.2) is 18.2 Å². The van der Waals surface area contributed by atoms with Crippen molar-refractivity contribution in [2.24, 2.45) is 5.73 Å². The predicted molar refractivity (Wildman–Crippen MR) is 77.6 cm³/mol. The van der Waals surface area contributed by atoms with E-state index in [-0.39, 0.29) is 23.5 Å². The van der Waals surface area contributed by atoms with Gasteiger partial charge in [0, 0.05) is 6.04 Å². The number of hydrogen-bond acceptors (Lipinski definition) is 5. The Hall–Kier alpha value is -1.53. The van der Waals surface area contributed by atoms with Crippen LogP contribution in [0.4, 0.5) is 4.39 Å². The van der Waals surface area contributed by atoms with Gasteiger partial charge in [-0.2, -0.15) is 0 Å². The largest absolute Gasteiger partial charge is 0.494 e. The molecule has 1 aromatic heterocycles. The number of ether oxygens (including phenoxy) is 1. The van der Waals surface area contributed by atoms with E-state index in [4.69, 9.17) is 10.5 Å². The molecule has 4 nitrogen and oxygen atoms in total. The Morgan fingerprint density at radius 2 is 2.15 bits per heavy atom. The van der Waals surface area contributed by atoms with Gasteiger partial charge in [0.25, 0.3) is 0 Å². The highest BCUT2D eigenvalue weighted by atomic mass is 32.1. The molecule has 0 aliphatic heterocycles. The van der Waals surface area contributed by atoms with Crippen LogP contribution in [0, 0.1) is 5.82 Å². The second kappa shape index (κ2) is 6.28. The monoisotopic (exact) mass is 295 g/mol. The van der Waals surface area contributed by atoms with Gasteiger partial charge in [-0.1, -0.05) is 24.4 Å². The molecule has 0 saturated carbocycles. The molecule has 0 saturated heterocycles. The van der Waals surface area contributed by atoms with Crippen molar-refractivity contribution in [3.63, 3.8) is 0 Å². The molecule has 2 aromatic rings. The zero-order chi connectivity index (χ0) is 14.7. The third-order valence-corrected chi connectivity index (χ3v) is 3.97. The highest BCUT2D eigenvalue weighted by Crippen LogP contribution is 2.28. The third kappa shape index (κ3) is 3.13. The van der Waals surface area contributed by atoms with Crippen LogP contribution in [0.25, 0.3) is 0 Å². The Morgan fingerprint density at radius 3 is 2.75 bits per heavy atom. The van der Waals surface area contributed by atoms with E-state index in [2.05, 4.69) is 23.4 Å². The van der Waals surface area contributed by atoms with Crippen LogP contribution in [0.2, 0.25) is 0 Å². The van der Waals surface area contributed by atoms with Gasteiger partial charge in [0.1, 0.15) is 0 Å². The molecule has 2 rings (SSSR count). The highest BCUT2D eigenvalue weighted by molar-refractivity contribution is 7.05. The first-order valence-corrected chi connectivity index (χ1v) is 7.20. The topological polar surface area (TPSA) is 61.0 Å². The average Bonchev–Trinajstić information content (AvgIpc) is 2.88. The van der Waals surface area contributed by atoms with Crippen molar-refractivity contribution in [3.05, 3.63) is 40.2 Å². The second-order valence-electron chi connectivity index (χ2n) is 4.96. The van der Waals surface area contributed by atoms with Gasteiger partial charge in [0.15, 0.2) is 11.6 Å². The van der Waals surface area contributed by atoms with E-state index in [9.17, 15) is 4.39 Å². The lowest BCUT2D eigenvalue weighted by Crippen LogP contribution is -2.14. The van der Waals surface area contributed by atoms with Gasteiger partial charge in [-0.25, -0.2) is 4.39 Å². The Bertz CT molecular complexity index is 586. The molecule has 2 N–H and O–H groups in total. The lowest BCUT2D eigenvalue weighted by Gasteiger charge is -2.13. The van der Waals surface area contributed by atoms with Gasteiger partial charge in [0.05, 0.1) is 17.7 Å². The Kier molecular flexibility index (Phi) is 4.67. The summed E-state index contributed by atoms with van der Waals surface area (Å²) in [6.45, 7) is 4.11. The van der Waals surface area contributed by atoms with Crippen molar-refractivity contribution in [1.29, 1.82) is 0 Å². The lowest BCUT2D eigenvalue weighted by molar-refractivity contribution is 0.386. The van der Waals surface area contributed by atoms with Crippen molar-refractivity contribution in [2.45, 2.75) is 32.2 Å². The molecule has 1 atom stereocenters. The molecule has 0 bridgehead atoms. The number of hydrogen-bond donors (Lipinski definition) is 1. The minimum Gasteiger partial charge on any atom is -0.494 e. The first-order valence-electron chi connectivity index (χ1n) is 6.43. The summed E-state index contributed by atoms with van der Waals surface area (Å²) in [7, 11) is 1.45. The Labute approximate surface area is 121 Å². The molecule has 0 fully saturated rings. The van der Waals surface area contributed by atoms with E-state index in [1.165, 1.54) is 24.7 Å². The molecule has 20 heavy (non-hydrogen) atoms. The molecule has 0 radical (unpaired) electrons. The highest BCUT2D eigenvalue weighted by Gasteiger charge is 2.18. The molecule has 1 unspecified atom stereocenters. The zero-order valence-corrected chi connectivity index (χ0v) is 12.6. The van der Waals surface area contributed by atoms with E-state index in [1.807, 2.05) is 6.07 Å². The van der Waals surface area contributed by atoms with Gasteiger partial charge in [0.2, 0.25) is 0 Å². The van der Waals surface area contributed by atoms with Crippen LogP contribution >= 0.6 is 11.5 Å². The van der Waals surface area contributed by atoms with Gasteiger partial charge in [-0.3, -0.25) is 0 Å². The number of rotatable bonds is 5. The van der Waals surface area contributed by atoms with E-state index in [0.717, 1.165) is 16.1 Å². The molecule has 108 valence electrons. The molecule has 6 heteroatoms. The maximum Gasteiger partial charge on any atom is 0.165 e. The van der Waals surface area contributed by atoms with Gasteiger partial charge in [-0.15, -0.1) is 5.10 Å². The molecule has 0 spiro atoms. The maximum atomic E-state index is 13.7. The first-order chi connectivity index (χ1) is 9.52. The molecular formula is C14H18FN3OS. The maximum absolute atomic E-state index is 13.7. The summed E-state index contributed by atoms with van der Waals surface area (Å²) in [4.78, 5) is 0.969. The predicted octanol–water partition coefficient (Wildman–Crippen LogP) is 3.05. The van der Waals surface area contributed by atoms with Crippen LogP contribution in [-0.4, -0.2) is 16.7 Å². The fourth-order valence-electron chi connectivity index (χ4n) is 2.05. The summed E-state index contributed by atoms with van der Waals surface area (Å²) >= 11 is 1.31. The van der Waals surface area contributed by atoms with Crippen LogP contribution in [0.3, 0.4) is 0 Å². The van der Waals surface area contributed by atoms with Crippen molar-refractivity contribution >= 4 is 11.5 Å². The summed E-state index contributed by atoms with van der Waals surface area (Å²) in [5.41, 5.74) is 7.97. The first kappa shape index (κ1) is 14.9. The minimum atomic E-state index is -0.372. The number of methoxy groups -OCH3 is 1. The lowest BCUT2D eigenvalue weighted by atomic mass is 10.0. The van der Waals surface area contributed by atoms with E-state index in [1.54, 1.807) is 6.07 Å². The number of aromatic nitrogens is 2. The van der Waals surface area contributed by atoms with Gasteiger partial charge in [-0.05, 0) is 41.6 Å². The van der Waals surface area contributed by atoms with Gasteiger partial charge >= 0.3 is 0 Å². The summed E-state index contributed by atoms with van der Waals surface area (Å²) in [6, 6.07) is 4.68. The molecule has 1 aromatic carbocycles. The molecule has 0 amide bonds. The molecule has 1 heterocycles. The second-order valence-corrected chi connectivity index (χ2v) is 5.74. The van der Waals surface area contributed by atoms with Crippen LogP contribution in [-0.2, 0) is 6.42 Å². The summed E-state index contributed by atoms with van der Waals surface area (Å²) in [6.07, 6.45) is 0.546. The van der Waals surface area contributed by atoms with Gasteiger partial charge < -0.3 is 10.5 Å². The van der Waals surface area contributed by atoms with Crippen molar-refractivity contribution in [2.75, 3.05) is 7.11 Å². The van der Waals surface area contributed by atoms with Crippen LogP contribution in [0.1, 0.15) is 41.9 Å². The Balaban J connectivity index is 2.17. The van der Waals surface area contributed by atoms with Crippen LogP contribution < -0.4 is 10.5 Å². The molecular weight excluding hydrogens is 277 g/mol. The number of nitrogens with zero attached hydrogens (tertiary/aromatic N) is 2. The van der Waals surface area contributed by atoms with Crippen molar-refractivity contribution in [3.8, 4) is 5.75 Å². The van der Waals surface area contributed by atoms with E-state index >= 15 is 0 Å². The SMILES string of the molecule is COc1ccc(CC(N)c2snnc2C(C)C)cc1F. The van der Waals surface area contributed by atoms with Crippen molar-refractivity contribution < 1.29 is 9.13 Å². The molecule has 0 aliphatic rings. The standard InChI is InChI=1S/C14H18FN3OS/c1-8(2)13-14(20-18-17-13)11(16)7-9-4-5-12(19-3)10(15)6-9/h4-6,8,11H,7,16H2,1-3H3. The number of benzene rings is 1. The van der Waals surface area contributed by atoms with Crippen molar-refractivity contribution in [1.82, 2.24) is 9.59 Å². The summed E-state index contributed by atoms with van der Waals surface area (Å²) < 4.78 is 22.5. The summed E-state index contributed by atoms with van der Waals surface area (Å²) in [5, 5.41) is 4.12. The quantitative estimate of drug-likeness (QED) is 0.921. The Morgan fingerprint density at radius 1 is 1.40 bits per heavy atom. The normalized spacial score (nSPS) is 12.7.